The number of unbranched alkanes of at least 4 members (excludes halogenated alkanes) is 26. The second-order valence-electron chi connectivity index (χ2n) is 12.3. The standard InChI is InChI=1S/C36H74N2O/c1-4-6-8-10-12-14-16-18-20-22-24-26-28-30-32-36(39-38-35-34-37-3)33-31-29-27-25-23-21-19-17-15-13-11-9-7-5-2/h35-37H,4-34H2,1-3H3/b38-35+. The Bertz CT molecular complexity index is 421. The molecule has 0 aromatic carbocycles. The van der Waals surface area contributed by atoms with Crippen LogP contribution < -0.4 is 5.32 Å². The second kappa shape index (κ2) is 35.5. The van der Waals surface area contributed by atoms with E-state index in [-0.39, 0.29) is 0 Å². The third-order valence-corrected chi connectivity index (χ3v) is 8.34. The van der Waals surface area contributed by atoms with Crippen LogP contribution in [0, 0.1) is 0 Å². The van der Waals surface area contributed by atoms with Gasteiger partial charge in [0.1, 0.15) is 6.10 Å². The van der Waals surface area contributed by atoms with Gasteiger partial charge >= 0.3 is 0 Å². The molecule has 0 aliphatic rings. The highest BCUT2D eigenvalue weighted by atomic mass is 16.6. The van der Waals surface area contributed by atoms with Crippen LogP contribution in [0.15, 0.2) is 5.16 Å². The van der Waals surface area contributed by atoms with Crippen molar-refractivity contribution in [1.82, 2.24) is 5.32 Å². The molecule has 0 spiro atoms. The van der Waals surface area contributed by atoms with Crippen LogP contribution in [-0.2, 0) is 4.84 Å². The highest BCUT2D eigenvalue weighted by Gasteiger charge is 2.09. The molecule has 3 nitrogen and oxygen atoms in total. The zero-order valence-electron chi connectivity index (χ0n) is 27.4. The highest BCUT2D eigenvalue weighted by Crippen LogP contribution is 2.18. The third-order valence-electron chi connectivity index (χ3n) is 8.34. The SMILES string of the molecule is CCCCCCCCCCCCCCCCC(CCCCCCCCCCCCCCCC)O/N=C/CNC. The fraction of sp³-hybridized carbons (Fsp3) is 0.972. The highest BCUT2D eigenvalue weighted by molar-refractivity contribution is 5.58. The molecule has 1 N–H and O–H groups in total. The molecule has 0 rings (SSSR count). The van der Waals surface area contributed by atoms with Crippen molar-refractivity contribution in [1.29, 1.82) is 0 Å². The normalized spacial score (nSPS) is 11.8. The van der Waals surface area contributed by atoms with Crippen molar-refractivity contribution in [2.45, 2.75) is 213 Å². The number of hydrogen-bond donors (Lipinski definition) is 1. The number of nitrogens with one attached hydrogen (secondary N) is 1. The minimum Gasteiger partial charge on any atom is -0.393 e. The van der Waals surface area contributed by atoms with Gasteiger partial charge in [0.15, 0.2) is 0 Å². The van der Waals surface area contributed by atoms with Crippen molar-refractivity contribution in [3.63, 3.8) is 0 Å². The monoisotopic (exact) mass is 551 g/mol. The molecular formula is C36H74N2O. The number of rotatable bonds is 34. The van der Waals surface area contributed by atoms with Crippen molar-refractivity contribution >= 4 is 6.21 Å². The van der Waals surface area contributed by atoms with Gasteiger partial charge in [-0.05, 0) is 32.7 Å². The lowest BCUT2D eigenvalue weighted by molar-refractivity contribution is 0.0438. The summed E-state index contributed by atoms with van der Waals surface area (Å²) >= 11 is 0. The van der Waals surface area contributed by atoms with E-state index in [2.05, 4.69) is 24.3 Å². The van der Waals surface area contributed by atoms with Crippen LogP contribution >= 0.6 is 0 Å². The summed E-state index contributed by atoms with van der Waals surface area (Å²) in [5.74, 6) is 0. The van der Waals surface area contributed by atoms with Gasteiger partial charge in [-0.15, -0.1) is 0 Å². The maximum absolute atomic E-state index is 5.90. The summed E-state index contributed by atoms with van der Waals surface area (Å²) in [7, 11) is 1.95. The molecule has 0 aliphatic carbocycles. The maximum atomic E-state index is 5.90. The van der Waals surface area contributed by atoms with Gasteiger partial charge in [-0.2, -0.15) is 0 Å². The van der Waals surface area contributed by atoms with E-state index >= 15 is 0 Å². The average molecular weight is 551 g/mol. The van der Waals surface area contributed by atoms with Crippen LogP contribution in [0.2, 0.25) is 0 Å². The fourth-order valence-electron chi connectivity index (χ4n) is 5.64. The zero-order chi connectivity index (χ0) is 28.3. The van der Waals surface area contributed by atoms with Gasteiger partial charge in [0, 0.05) is 6.54 Å². The van der Waals surface area contributed by atoms with Crippen molar-refractivity contribution in [2.75, 3.05) is 13.6 Å². The Morgan fingerprint density at radius 2 is 0.744 bits per heavy atom. The fourth-order valence-corrected chi connectivity index (χ4v) is 5.64. The molecule has 39 heavy (non-hydrogen) atoms. The smallest absolute Gasteiger partial charge is 0.127 e. The van der Waals surface area contributed by atoms with Crippen LogP contribution in [0.3, 0.4) is 0 Å². The van der Waals surface area contributed by atoms with Gasteiger partial charge in [0.25, 0.3) is 0 Å². The lowest BCUT2D eigenvalue weighted by Crippen LogP contribution is -2.12. The molecule has 0 atom stereocenters. The van der Waals surface area contributed by atoms with Gasteiger partial charge in [0.05, 0.1) is 6.21 Å². The van der Waals surface area contributed by atoms with Crippen LogP contribution in [0.5, 0.6) is 0 Å². The van der Waals surface area contributed by atoms with E-state index in [1.54, 1.807) is 0 Å². The number of hydrogen-bond acceptors (Lipinski definition) is 3. The van der Waals surface area contributed by atoms with E-state index in [0.29, 0.717) is 6.10 Å². The first-order valence-electron chi connectivity index (χ1n) is 18.2. The Morgan fingerprint density at radius 1 is 0.462 bits per heavy atom. The lowest BCUT2D eigenvalue weighted by atomic mass is 10.0. The first-order valence-corrected chi connectivity index (χ1v) is 18.2. The summed E-state index contributed by atoms with van der Waals surface area (Å²) in [5.41, 5.74) is 0. The van der Waals surface area contributed by atoms with Crippen molar-refractivity contribution < 1.29 is 4.84 Å². The predicted octanol–water partition coefficient (Wildman–Crippen LogP) is 12.3. The van der Waals surface area contributed by atoms with Crippen molar-refractivity contribution in [3.8, 4) is 0 Å². The Labute approximate surface area is 247 Å². The predicted molar refractivity (Wildman–Crippen MR) is 177 cm³/mol. The topological polar surface area (TPSA) is 33.6 Å². The van der Waals surface area contributed by atoms with E-state index in [1.807, 2.05) is 13.3 Å². The first kappa shape index (κ1) is 38.4. The number of nitrogens with zero attached hydrogens (tertiary/aromatic N) is 1. The summed E-state index contributed by atoms with van der Waals surface area (Å²) in [4.78, 5) is 5.90. The third kappa shape index (κ3) is 33.5. The lowest BCUT2D eigenvalue weighted by Gasteiger charge is -2.15. The van der Waals surface area contributed by atoms with Crippen molar-refractivity contribution in [2.24, 2.45) is 5.16 Å². The largest absolute Gasteiger partial charge is 0.393 e. The van der Waals surface area contributed by atoms with Crippen LogP contribution in [0.4, 0.5) is 0 Å². The van der Waals surface area contributed by atoms with E-state index < -0.39 is 0 Å². The van der Waals surface area contributed by atoms with E-state index in [1.165, 1.54) is 193 Å². The van der Waals surface area contributed by atoms with Gasteiger partial charge in [-0.25, -0.2) is 0 Å². The molecule has 3 heteroatoms. The molecule has 0 aliphatic heterocycles. The summed E-state index contributed by atoms with van der Waals surface area (Å²) in [6, 6.07) is 0. The van der Waals surface area contributed by atoms with Gasteiger partial charge in [-0.1, -0.05) is 186 Å². The molecular weight excluding hydrogens is 476 g/mol. The molecule has 0 bridgehead atoms. The summed E-state index contributed by atoms with van der Waals surface area (Å²) in [6.45, 7) is 5.38. The minimum absolute atomic E-state index is 0.313. The van der Waals surface area contributed by atoms with E-state index in [4.69, 9.17) is 4.84 Å². The molecule has 0 saturated carbocycles. The second-order valence-corrected chi connectivity index (χ2v) is 12.3. The Hall–Kier alpha value is -0.570. The first-order chi connectivity index (χ1) is 19.3. The van der Waals surface area contributed by atoms with Gasteiger partial charge < -0.3 is 10.2 Å². The molecule has 0 fully saturated rings. The van der Waals surface area contributed by atoms with E-state index in [9.17, 15) is 0 Å². The maximum Gasteiger partial charge on any atom is 0.127 e. The Morgan fingerprint density at radius 3 is 1.03 bits per heavy atom. The Balaban J connectivity index is 3.66. The summed E-state index contributed by atoms with van der Waals surface area (Å²) in [6.07, 6.45) is 44.2. The Kier molecular flexibility index (Phi) is 34.9. The molecule has 0 heterocycles. The van der Waals surface area contributed by atoms with Crippen LogP contribution in [0.1, 0.15) is 206 Å². The number of oxime groups is 1. The quantitative estimate of drug-likeness (QED) is 0.0491. The average Bonchev–Trinajstić information content (AvgIpc) is 2.95. The molecule has 0 aromatic rings. The molecule has 234 valence electrons. The van der Waals surface area contributed by atoms with Crippen LogP contribution in [0.25, 0.3) is 0 Å². The molecule has 0 radical (unpaired) electrons. The van der Waals surface area contributed by atoms with Gasteiger partial charge in [0.2, 0.25) is 0 Å². The summed E-state index contributed by atoms with van der Waals surface area (Å²) in [5, 5.41) is 7.35. The van der Waals surface area contributed by atoms with Gasteiger partial charge in [-0.3, -0.25) is 0 Å². The van der Waals surface area contributed by atoms with Crippen molar-refractivity contribution in [3.05, 3.63) is 0 Å². The van der Waals surface area contributed by atoms with Crippen LogP contribution in [-0.4, -0.2) is 25.9 Å². The molecule has 0 aromatic heterocycles. The molecule has 0 amide bonds. The molecule has 0 unspecified atom stereocenters. The minimum atomic E-state index is 0.313. The zero-order valence-corrected chi connectivity index (χ0v) is 27.4. The van der Waals surface area contributed by atoms with E-state index in [0.717, 1.165) is 6.54 Å². The summed E-state index contributed by atoms with van der Waals surface area (Å²) < 4.78 is 0. The molecule has 0 saturated heterocycles.